The molecule has 1 fully saturated rings. The Kier molecular flexibility index (Phi) is 3.73. The summed E-state index contributed by atoms with van der Waals surface area (Å²) in [6.45, 7) is 8.64. The zero-order valence-electron chi connectivity index (χ0n) is 10.0. The first-order valence-corrected chi connectivity index (χ1v) is 5.57. The van der Waals surface area contributed by atoms with Crippen molar-refractivity contribution in [3.63, 3.8) is 0 Å². The van der Waals surface area contributed by atoms with Crippen LogP contribution in [-0.2, 0) is 9.53 Å². The quantitative estimate of drug-likeness (QED) is 0.722. The molecular weight excluding hydrogens is 192 g/mol. The largest absolute Gasteiger partial charge is 0.378 e. The lowest BCUT2D eigenvalue weighted by Gasteiger charge is -2.51. The van der Waals surface area contributed by atoms with Crippen molar-refractivity contribution in [3.05, 3.63) is 0 Å². The Morgan fingerprint density at radius 2 is 2.27 bits per heavy atom. The normalized spacial score (nSPS) is 30.5. The number of hydrogen-bond acceptors (Lipinski definition) is 3. The highest BCUT2D eigenvalue weighted by Gasteiger charge is 2.49. The number of hydrogen-bond donors (Lipinski definition) is 2. The highest BCUT2D eigenvalue weighted by atomic mass is 16.5. The summed E-state index contributed by atoms with van der Waals surface area (Å²) in [5.74, 6) is -0.0805. The van der Waals surface area contributed by atoms with Crippen LogP contribution in [-0.4, -0.2) is 30.7 Å². The van der Waals surface area contributed by atoms with Gasteiger partial charge in [-0.2, -0.15) is 0 Å². The Balaban J connectivity index is 2.45. The van der Waals surface area contributed by atoms with Gasteiger partial charge in [0, 0.05) is 18.1 Å². The third kappa shape index (κ3) is 2.49. The minimum Gasteiger partial charge on any atom is -0.378 e. The maximum absolute atomic E-state index is 11.4. The van der Waals surface area contributed by atoms with E-state index < -0.39 is 6.04 Å². The van der Waals surface area contributed by atoms with Gasteiger partial charge in [0.1, 0.15) is 0 Å². The van der Waals surface area contributed by atoms with E-state index in [2.05, 4.69) is 19.2 Å². The molecule has 1 saturated carbocycles. The summed E-state index contributed by atoms with van der Waals surface area (Å²) in [6, 6.07) is -0.250. The lowest BCUT2D eigenvalue weighted by Crippen LogP contribution is -2.63. The molecule has 0 aromatic carbocycles. The molecule has 0 aliphatic heterocycles. The summed E-state index contributed by atoms with van der Waals surface area (Å²) >= 11 is 0. The SMILES string of the molecule is CCOC1CC(NC(=O)[C@H](C)N)C1(C)C. The molecule has 1 rings (SSSR count). The van der Waals surface area contributed by atoms with Gasteiger partial charge in [0.15, 0.2) is 0 Å². The lowest BCUT2D eigenvalue weighted by atomic mass is 9.64. The molecule has 0 heterocycles. The fourth-order valence-corrected chi connectivity index (χ4v) is 1.92. The molecular formula is C11H22N2O2. The first-order chi connectivity index (χ1) is 6.89. The minimum absolute atomic E-state index is 0.0144. The molecule has 0 spiro atoms. The lowest BCUT2D eigenvalue weighted by molar-refractivity contribution is -0.137. The molecule has 3 N–H and O–H groups in total. The summed E-state index contributed by atoms with van der Waals surface area (Å²) in [6.07, 6.45) is 1.14. The van der Waals surface area contributed by atoms with Gasteiger partial charge in [0.2, 0.25) is 5.91 Å². The van der Waals surface area contributed by atoms with E-state index in [1.807, 2.05) is 6.92 Å². The Bertz CT molecular complexity index is 239. The average molecular weight is 214 g/mol. The number of carbonyl (C=O) groups is 1. The second kappa shape index (κ2) is 4.49. The number of carbonyl (C=O) groups excluding carboxylic acids is 1. The van der Waals surface area contributed by atoms with E-state index in [1.165, 1.54) is 0 Å². The molecule has 2 unspecified atom stereocenters. The monoisotopic (exact) mass is 214 g/mol. The van der Waals surface area contributed by atoms with Crippen molar-refractivity contribution in [2.75, 3.05) is 6.61 Å². The molecule has 4 nitrogen and oxygen atoms in total. The molecule has 1 amide bonds. The Labute approximate surface area is 91.5 Å². The molecule has 88 valence electrons. The van der Waals surface area contributed by atoms with Gasteiger partial charge < -0.3 is 15.8 Å². The van der Waals surface area contributed by atoms with E-state index in [4.69, 9.17) is 10.5 Å². The topological polar surface area (TPSA) is 64.3 Å². The molecule has 4 heteroatoms. The Morgan fingerprint density at radius 1 is 1.67 bits per heavy atom. The van der Waals surface area contributed by atoms with Crippen molar-refractivity contribution >= 4 is 5.91 Å². The predicted octanol–water partition coefficient (Wildman–Crippen LogP) is 0.653. The van der Waals surface area contributed by atoms with E-state index in [1.54, 1.807) is 6.92 Å². The molecule has 0 radical (unpaired) electrons. The van der Waals surface area contributed by atoms with Crippen LogP contribution in [0.4, 0.5) is 0 Å². The van der Waals surface area contributed by atoms with Gasteiger partial charge in [0.25, 0.3) is 0 Å². The molecule has 0 saturated heterocycles. The third-order valence-electron chi connectivity index (χ3n) is 3.28. The summed E-state index contributed by atoms with van der Waals surface area (Å²) in [5.41, 5.74) is 5.52. The highest BCUT2D eigenvalue weighted by Crippen LogP contribution is 2.42. The van der Waals surface area contributed by atoms with Gasteiger partial charge >= 0.3 is 0 Å². The zero-order chi connectivity index (χ0) is 11.6. The number of amides is 1. The van der Waals surface area contributed by atoms with Crippen molar-refractivity contribution in [3.8, 4) is 0 Å². The maximum Gasteiger partial charge on any atom is 0.236 e. The van der Waals surface area contributed by atoms with Crippen molar-refractivity contribution in [2.45, 2.75) is 52.3 Å². The molecule has 1 aliphatic rings. The standard InChI is InChI=1S/C11H22N2O2/c1-5-15-9-6-8(11(9,3)4)13-10(14)7(2)12/h7-9H,5-6,12H2,1-4H3,(H,13,14)/t7-,8?,9?/m0/s1. The highest BCUT2D eigenvalue weighted by molar-refractivity contribution is 5.81. The summed E-state index contributed by atoms with van der Waals surface area (Å²) in [5, 5.41) is 2.95. The van der Waals surface area contributed by atoms with E-state index >= 15 is 0 Å². The van der Waals surface area contributed by atoms with Crippen molar-refractivity contribution in [1.29, 1.82) is 0 Å². The van der Waals surface area contributed by atoms with Crippen LogP contribution in [0.5, 0.6) is 0 Å². The fourth-order valence-electron chi connectivity index (χ4n) is 1.92. The molecule has 15 heavy (non-hydrogen) atoms. The fraction of sp³-hybridized carbons (Fsp3) is 0.909. The van der Waals surface area contributed by atoms with Gasteiger partial charge in [-0.1, -0.05) is 13.8 Å². The number of nitrogens with two attached hydrogens (primary N) is 1. The number of rotatable bonds is 4. The smallest absolute Gasteiger partial charge is 0.236 e. The molecule has 3 atom stereocenters. The van der Waals surface area contributed by atoms with Crippen LogP contribution in [0.3, 0.4) is 0 Å². The van der Waals surface area contributed by atoms with E-state index in [0.29, 0.717) is 0 Å². The number of nitrogens with one attached hydrogen (secondary N) is 1. The summed E-state index contributed by atoms with van der Waals surface area (Å²) in [4.78, 5) is 11.4. The first-order valence-electron chi connectivity index (χ1n) is 5.57. The van der Waals surface area contributed by atoms with E-state index in [9.17, 15) is 4.79 Å². The van der Waals surface area contributed by atoms with Crippen LogP contribution in [0.25, 0.3) is 0 Å². The van der Waals surface area contributed by atoms with E-state index in [-0.39, 0.29) is 23.5 Å². The Morgan fingerprint density at radius 3 is 2.67 bits per heavy atom. The third-order valence-corrected chi connectivity index (χ3v) is 3.28. The van der Waals surface area contributed by atoms with Crippen molar-refractivity contribution in [1.82, 2.24) is 5.32 Å². The van der Waals surface area contributed by atoms with Crippen LogP contribution in [0.15, 0.2) is 0 Å². The molecule has 0 aromatic rings. The van der Waals surface area contributed by atoms with Gasteiger partial charge in [-0.25, -0.2) is 0 Å². The Hall–Kier alpha value is -0.610. The number of ether oxygens (including phenoxy) is 1. The van der Waals surface area contributed by atoms with Gasteiger partial charge in [-0.05, 0) is 20.3 Å². The second-order valence-corrected chi connectivity index (χ2v) is 4.85. The van der Waals surface area contributed by atoms with Crippen molar-refractivity contribution < 1.29 is 9.53 Å². The minimum atomic E-state index is -0.438. The van der Waals surface area contributed by atoms with Crippen LogP contribution >= 0.6 is 0 Å². The van der Waals surface area contributed by atoms with Crippen LogP contribution in [0, 0.1) is 5.41 Å². The molecule has 0 aromatic heterocycles. The predicted molar refractivity (Wildman–Crippen MR) is 59.4 cm³/mol. The molecule has 1 aliphatic carbocycles. The van der Waals surface area contributed by atoms with Crippen LogP contribution < -0.4 is 11.1 Å². The first kappa shape index (κ1) is 12.5. The average Bonchev–Trinajstić information content (AvgIpc) is 2.16. The second-order valence-electron chi connectivity index (χ2n) is 4.85. The maximum atomic E-state index is 11.4. The van der Waals surface area contributed by atoms with E-state index in [0.717, 1.165) is 13.0 Å². The van der Waals surface area contributed by atoms with Crippen LogP contribution in [0.2, 0.25) is 0 Å². The molecule has 0 bridgehead atoms. The summed E-state index contributed by atoms with van der Waals surface area (Å²) in [7, 11) is 0. The zero-order valence-corrected chi connectivity index (χ0v) is 10.0. The van der Waals surface area contributed by atoms with Gasteiger partial charge in [-0.3, -0.25) is 4.79 Å². The van der Waals surface area contributed by atoms with Gasteiger partial charge in [-0.15, -0.1) is 0 Å². The summed E-state index contributed by atoms with van der Waals surface area (Å²) < 4.78 is 5.58. The van der Waals surface area contributed by atoms with Gasteiger partial charge in [0.05, 0.1) is 12.1 Å². The van der Waals surface area contributed by atoms with Crippen LogP contribution in [0.1, 0.15) is 34.1 Å². The van der Waals surface area contributed by atoms with Crippen molar-refractivity contribution in [2.24, 2.45) is 11.1 Å².